The Morgan fingerprint density at radius 3 is 2.33 bits per heavy atom. The van der Waals surface area contributed by atoms with Crippen LogP contribution in [0, 0.1) is 0 Å². The molecule has 0 saturated carbocycles. The topological polar surface area (TPSA) is 44.8 Å². The lowest BCUT2D eigenvalue weighted by Crippen LogP contribution is -2.07. The molecule has 124 valence electrons. The maximum atomic E-state index is 13.0. The van der Waals surface area contributed by atoms with E-state index < -0.39 is 17.7 Å². The number of benzene rings is 2. The van der Waals surface area contributed by atoms with E-state index in [0.29, 0.717) is 5.75 Å². The van der Waals surface area contributed by atoms with Crippen molar-refractivity contribution in [1.29, 1.82) is 0 Å². The van der Waals surface area contributed by atoms with Gasteiger partial charge in [0.25, 0.3) is 0 Å². The van der Waals surface area contributed by atoms with E-state index in [0.717, 1.165) is 25.3 Å². The third kappa shape index (κ3) is 3.05. The molecule has 1 aliphatic rings. The fourth-order valence-corrected chi connectivity index (χ4v) is 2.17. The van der Waals surface area contributed by atoms with E-state index in [4.69, 9.17) is 9.47 Å². The van der Waals surface area contributed by atoms with E-state index in [1.54, 1.807) is 24.3 Å². The number of carbonyl (C=O) groups excluding carboxylic acids is 1. The van der Waals surface area contributed by atoms with E-state index in [2.05, 4.69) is 4.74 Å². The van der Waals surface area contributed by atoms with Crippen molar-refractivity contribution in [2.45, 2.75) is 6.18 Å². The zero-order chi connectivity index (χ0) is 17.3. The quantitative estimate of drug-likeness (QED) is 0.572. The molecule has 0 atom stereocenters. The van der Waals surface area contributed by atoms with Crippen LogP contribution in [0.4, 0.5) is 13.2 Å². The predicted molar refractivity (Wildman–Crippen MR) is 78.6 cm³/mol. The Bertz CT molecular complexity index is 825. The summed E-state index contributed by atoms with van der Waals surface area (Å²) in [5.41, 5.74) is -0.874. The summed E-state index contributed by atoms with van der Waals surface area (Å²) in [5.74, 6) is -0.104. The van der Waals surface area contributed by atoms with Crippen LogP contribution in [0.5, 0.6) is 17.2 Å². The third-order valence-corrected chi connectivity index (χ3v) is 3.31. The van der Waals surface area contributed by atoms with Crippen LogP contribution in [-0.2, 0) is 15.7 Å². The van der Waals surface area contributed by atoms with Gasteiger partial charge in [0.05, 0.1) is 24.3 Å². The lowest BCUT2D eigenvalue weighted by Gasteiger charge is -2.12. The Hall–Kier alpha value is -2.96. The van der Waals surface area contributed by atoms with E-state index in [1.165, 1.54) is 6.07 Å². The molecule has 0 fully saturated rings. The van der Waals surface area contributed by atoms with Crippen molar-refractivity contribution in [1.82, 2.24) is 0 Å². The van der Waals surface area contributed by atoms with E-state index in [-0.39, 0.29) is 22.8 Å². The number of ether oxygens (including phenoxy) is 3. The normalized spacial score (nSPS) is 14.8. The number of methoxy groups -OCH3 is 1. The van der Waals surface area contributed by atoms with E-state index >= 15 is 0 Å². The molecule has 7 heteroatoms. The second kappa shape index (κ2) is 5.92. The molecule has 0 amide bonds. The van der Waals surface area contributed by atoms with Crippen LogP contribution in [-0.4, -0.2) is 13.1 Å². The maximum absolute atomic E-state index is 13.0. The molecule has 0 bridgehead atoms. The molecule has 0 radical (unpaired) electrons. The number of rotatable bonds is 1. The van der Waals surface area contributed by atoms with Crippen LogP contribution >= 0.6 is 0 Å². The van der Waals surface area contributed by atoms with Crippen molar-refractivity contribution in [3.05, 3.63) is 59.7 Å². The van der Waals surface area contributed by atoms with Crippen molar-refractivity contribution < 1.29 is 32.2 Å². The minimum atomic E-state index is -4.54. The fraction of sp³-hybridized carbons (Fsp3) is 0.118. The molecule has 3 rings (SSSR count). The van der Waals surface area contributed by atoms with Crippen molar-refractivity contribution in [2.24, 2.45) is 0 Å². The summed E-state index contributed by atoms with van der Waals surface area (Å²) in [7, 11) is 1.16. The Morgan fingerprint density at radius 2 is 1.71 bits per heavy atom. The van der Waals surface area contributed by atoms with Crippen LogP contribution in [0.25, 0.3) is 5.76 Å². The summed E-state index contributed by atoms with van der Waals surface area (Å²) in [6.45, 7) is 0. The Balaban J connectivity index is 2.19. The molecular weight excluding hydrogens is 325 g/mol. The molecule has 0 saturated heterocycles. The van der Waals surface area contributed by atoms with Gasteiger partial charge in [-0.05, 0) is 30.3 Å². The second-order valence-corrected chi connectivity index (χ2v) is 4.89. The predicted octanol–water partition coefficient (Wildman–Crippen LogP) is 4.40. The average molecular weight is 336 g/mol. The summed E-state index contributed by atoms with van der Waals surface area (Å²) >= 11 is 0. The summed E-state index contributed by atoms with van der Waals surface area (Å²) in [6.07, 6.45) is -3.56. The summed E-state index contributed by atoms with van der Waals surface area (Å²) in [5, 5.41) is 0. The van der Waals surface area contributed by atoms with Crippen LogP contribution < -0.4 is 9.47 Å². The van der Waals surface area contributed by atoms with Gasteiger partial charge in [-0.1, -0.05) is 12.1 Å². The smallest absolute Gasteiger partial charge is 0.416 e. The van der Waals surface area contributed by atoms with Crippen molar-refractivity contribution in [3.63, 3.8) is 0 Å². The molecule has 2 aromatic rings. The first kappa shape index (κ1) is 15.9. The fourth-order valence-electron chi connectivity index (χ4n) is 2.17. The zero-order valence-corrected chi connectivity index (χ0v) is 12.4. The number of hydrogen-bond donors (Lipinski definition) is 0. The Kier molecular flexibility index (Phi) is 3.92. The molecule has 0 N–H and O–H groups in total. The number of alkyl halides is 3. The number of carbonyl (C=O) groups is 1. The van der Waals surface area contributed by atoms with Crippen LogP contribution in [0.3, 0.4) is 0 Å². The number of halogens is 3. The molecule has 0 unspecified atom stereocenters. The molecule has 0 aromatic heterocycles. The third-order valence-electron chi connectivity index (χ3n) is 3.31. The highest BCUT2D eigenvalue weighted by Gasteiger charge is 2.32. The van der Waals surface area contributed by atoms with Gasteiger partial charge in [0.1, 0.15) is 11.5 Å². The molecule has 24 heavy (non-hydrogen) atoms. The first-order chi connectivity index (χ1) is 11.4. The van der Waals surface area contributed by atoms with Gasteiger partial charge in [0.15, 0.2) is 11.5 Å². The molecule has 0 spiro atoms. The number of fused-ring (bicyclic) bond motifs is 2. The van der Waals surface area contributed by atoms with Crippen molar-refractivity contribution in [3.8, 4) is 17.2 Å². The SMILES string of the molecule is COC(=O)C=C1Oc2ccccc2Oc2ccc(C(F)(F)F)cc21. The largest absolute Gasteiger partial charge is 0.466 e. The van der Waals surface area contributed by atoms with Crippen LogP contribution in [0.2, 0.25) is 0 Å². The average Bonchev–Trinajstić information content (AvgIpc) is 2.69. The van der Waals surface area contributed by atoms with Gasteiger partial charge in [0, 0.05) is 0 Å². The molecule has 1 aliphatic heterocycles. The van der Waals surface area contributed by atoms with Crippen LogP contribution in [0.15, 0.2) is 48.5 Å². The minimum absolute atomic E-state index is 0.00595. The first-order valence-corrected chi connectivity index (χ1v) is 6.84. The second-order valence-electron chi connectivity index (χ2n) is 4.89. The van der Waals surface area contributed by atoms with Gasteiger partial charge in [-0.15, -0.1) is 0 Å². The summed E-state index contributed by atoms with van der Waals surface area (Å²) < 4.78 is 54.7. The van der Waals surface area contributed by atoms with Crippen molar-refractivity contribution >= 4 is 11.7 Å². The van der Waals surface area contributed by atoms with E-state index in [1.807, 2.05) is 0 Å². The zero-order valence-electron chi connectivity index (χ0n) is 12.4. The summed E-state index contributed by atoms with van der Waals surface area (Å²) in [6, 6.07) is 9.53. The monoisotopic (exact) mass is 336 g/mol. The number of para-hydroxylation sites is 2. The van der Waals surface area contributed by atoms with Gasteiger partial charge in [-0.3, -0.25) is 0 Å². The molecular formula is C17H11F3O4. The number of hydrogen-bond acceptors (Lipinski definition) is 4. The molecule has 4 nitrogen and oxygen atoms in total. The lowest BCUT2D eigenvalue weighted by molar-refractivity contribution is -0.137. The highest BCUT2D eigenvalue weighted by atomic mass is 19.4. The van der Waals surface area contributed by atoms with Gasteiger partial charge in [-0.25, -0.2) is 4.79 Å². The first-order valence-electron chi connectivity index (χ1n) is 6.84. The maximum Gasteiger partial charge on any atom is 0.416 e. The van der Waals surface area contributed by atoms with Gasteiger partial charge in [-0.2, -0.15) is 13.2 Å². The number of esters is 1. The summed E-state index contributed by atoms with van der Waals surface area (Å²) in [4.78, 5) is 11.6. The minimum Gasteiger partial charge on any atom is -0.466 e. The molecule has 1 heterocycles. The Labute approximate surface area is 135 Å². The van der Waals surface area contributed by atoms with Gasteiger partial charge in [0.2, 0.25) is 0 Å². The lowest BCUT2D eigenvalue weighted by atomic mass is 10.1. The molecule has 0 aliphatic carbocycles. The highest BCUT2D eigenvalue weighted by Crippen LogP contribution is 2.43. The van der Waals surface area contributed by atoms with Crippen LogP contribution in [0.1, 0.15) is 11.1 Å². The van der Waals surface area contributed by atoms with Gasteiger partial charge >= 0.3 is 12.1 Å². The molecule has 2 aromatic carbocycles. The Morgan fingerprint density at radius 1 is 1.04 bits per heavy atom. The highest BCUT2D eigenvalue weighted by molar-refractivity contribution is 5.91. The van der Waals surface area contributed by atoms with E-state index in [9.17, 15) is 18.0 Å². The van der Waals surface area contributed by atoms with Crippen molar-refractivity contribution in [2.75, 3.05) is 7.11 Å². The van der Waals surface area contributed by atoms with Gasteiger partial charge < -0.3 is 14.2 Å². The standard InChI is InChI=1S/C17H11F3O4/c1-22-16(21)9-15-11-8-10(17(18,19)20)6-7-12(11)23-13-4-2-3-5-14(13)24-15/h2-9H,1H3.